The number of rotatable bonds is 16. The van der Waals surface area contributed by atoms with Crippen LogP contribution in [0, 0.1) is 22.8 Å². The largest absolute Gasteiger partial charge is 0.465 e. The number of esters is 1. The Labute approximate surface area is 237 Å². The maximum Gasteiger partial charge on any atom is 0.395 e. The van der Waals surface area contributed by atoms with Crippen molar-refractivity contribution < 1.29 is 19.1 Å². The van der Waals surface area contributed by atoms with Gasteiger partial charge in [0.2, 0.25) is 5.01 Å². The summed E-state index contributed by atoms with van der Waals surface area (Å²) >= 11 is 0. The van der Waals surface area contributed by atoms with Crippen LogP contribution in [0.25, 0.3) is 5.01 Å². The molecule has 0 saturated carbocycles. The number of unbranched alkanes of at least 4 members (excludes halogenated alkanes) is 3. The molecule has 0 heterocycles. The molecule has 0 bridgehead atoms. The summed E-state index contributed by atoms with van der Waals surface area (Å²) in [6.45, 7) is 14.2. The number of nitrogens with zero attached hydrogens (tertiary/aromatic N) is 1. The molecule has 2 aromatic carbocycles. The first-order valence-corrected chi connectivity index (χ1v) is 14.5. The maximum absolute atomic E-state index is 13.1. The average Bonchev–Trinajstić information content (AvgIpc) is 2.95. The molecule has 1 unspecified atom stereocenters. The molecule has 2 aromatic rings. The molecule has 0 radical (unpaired) electrons. The monoisotopic (exact) mass is 536 g/mol. The quantitative estimate of drug-likeness (QED) is 0.122. The zero-order valence-electron chi connectivity index (χ0n) is 25.3. The fourth-order valence-electron chi connectivity index (χ4n) is 4.63. The summed E-state index contributed by atoms with van der Waals surface area (Å²) in [5, 5.41) is 3.99. The fourth-order valence-corrected chi connectivity index (χ4v) is 4.63. The van der Waals surface area contributed by atoms with Gasteiger partial charge in [-0.3, -0.25) is 4.79 Å². The number of benzene rings is 2. The van der Waals surface area contributed by atoms with Crippen LogP contribution in [-0.4, -0.2) is 26.3 Å². The maximum atomic E-state index is 13.1. The highest BCUT2D eigenvalue weighted by Gasteiger charge is 2.41. The predicted octanol–water partition coefficient (Wildman–Crippen LogP) is 8.82. The van der Waals surface area contributed by atoms with E-state index in [-0.39, 0.29) is 22.7 Å². The number of carbonyl (C=O) groups is 1. The molecule has 0 spiro atoms. The Morgan fingerprint density at radius 3 is 1.85 bits per heavy atom. The van der Waals surface area contributed by atoms with Crippen LogP contribution in [0.5, 0.6) is 0 Å². The lowest BCUT2D eigenvalue weighted by Crippen LogP contribution is -2.35. The van der Waals surface area contributed by atoms with Gasteiger partial charge in [0, 0.05) is 17.7 Å². The Kier molecular flexibility index (Phi) is 13.0. The minimum absolute atomic E-state index is 0.0461. The van der Waals surface area contributed by atoms with Gasteiger partial charge >= 0.3 is 12.0 Å². The number of ether oxygens (including phenoxy) is 2. The molecular weight excluding hydrogens is 486 g/mol. The van der Waals surface area contributed by atoms with E-state index in [4.69, 9.17) is 14.3 Å². The molecule has 0 amide bonds. The molecule has 0 aliphatic rings. The van der Waals surface area contributed by atoms with Crippen molar-refractivity contribution in [3.05, 3.63) is 76.8 Å². The van der Waals surface area contributed by atoms with Crippen molar-refractivity contribution in [2.45, 2.75) is 92.1 Å². The van der Waals surface area contributed by atoms with Gasteiger partial charge in [-0.05, 0) is 36.5 Å². The second-order valence-electron chi connectivity index (χ2n) is 11.8. The highest BCUT2D eigenvalue weighted by atomic mass is 16.6. The molecule has 0 fully saturated rings. The molecule has 1 atom stereocenters. The summed E-state index contributed by atoms with van der Waals surface area (Å²) in [4.78, 5) is 18.1. The Balaban J connectivity index is 1.91. The molecule has 0 aliphatic heterocycles. The summed E-state index contributed by atoms with van der Waals surface area (Å²) in [5.41, 5.74) is 0.977. The van der Waals surface area contributed by atoms with Crippen molar-refractivity contribution in [2.75, 3.05) is 20.3 Å². The van der Waals surface area contributed by atoms with Crippen molar-refractivity contribution in [1.82, 2.24) is 0 Å². The van der Waals surface area contributed by atoms with Crippen molar-refractivity contribution in [1.29, 1.82) is 0 Å². The lowest BCUT2D eigenvalue weighted by Gasteiger charge is -2.37. The van der Waals surface area contributed by atoms with E-state index in [1.54, 1.807) is 0 Å². The molecule has 5 heteroatoms. The molecule has 214 valence electrons. The van der Waals surface area contributed by atoms with Gasteiger partial charge in [-0.1, -0.05) is 121 Å². The smallest absolute Gasteiger partial charge is 0.395 e. The van der Waals surface area contributed by atoms with E-state index < -0.39 is 5.60 Å². The summed E-state index contributed by atoms with van der Waals surface area (Å²) in [6, 6.07) is 23.1. The van der Waals surface area contributed by atoms with E-state index in [0.29, 0.717) is 13.2 Å². The summed E-state index contributed by atoms with van der Waals surface area (Å²) < 4.78 is 12.3. The van der Waals surface area contributed by atoms with E-state index in [1.165, 1.54) is 7.11 Å². The SMILES string of the molecule is CCC(C)(C)CC(C(=O)OCCCCCCOC(C#[N+]OC)(c1ccccc1)c1ccccc1)C(C)(C)CC. The zero-order chi connectivity index (χ0) is 28.8. The first kappa shape index (κ1) is 32.4. The van der Waals surface area contributed by atoms with Crippen LogP contribution in [0.2, 0.25) is 0 Å². The molecule has 0 N–H and O–H groups in total. The molecular formula is C34H50NO4+. The first-order chi connectivity index (χ1) is 18.6. The summed E-state index contributed by atoms with van der Waals surface area (Å²) in [7, 11) is 1.51. The molecule has 0 saturated heterocycles. The molecule has 2 rings (SSSR count). The van der Waals surface area contributed by atoms with Crippen LogP contribution in [-0.2, 0) is 24.7 Å². The Morgan fingerprint density at radius 2 is 1.36 bits per heavy atom. The Morgan fingerprint density at radius 1 is 0.821 bits per heavy atom. The lowest BCUT2D eigenvalue weighted by atomic mass is 9.68. The highest BCUT2D eigenvalue weighted by molar-refractivity contribution is 5.73. The summed E-state index contributed by atoms with van der Waals surface area (Å²) in [6.07, 6.45) is 6.52. The van der Waals surface area contributed by atoms with Gasteiger partial charge in [0.05, 0.1) is 12.5 Å². The predicted molar refractivity (Wildman–Crippen MR) is 160 cm³/mol. The Hall–Kier alpha value is -2.84. The van der Waals surface area contributed by atoms with E-state index >= 15 is 0 Å². The van der Waals surface area contributed by atoms with Gasteiger partial charge in [0.15, 0.2) is 7.11 Å². The Bertz CT molecular complexity index is 998. The summed E-state index contributed by atoms with van der Waals surface area (Å²) in [5.74, 6) is -0.129. The topological polar surface area (TPSA) is 49.1 Å². The third-order valence-electron chi connectivity index (χ3n) is 8.11. The number of carbonyl (C=O) groups excluding carboxylic acids is 1. The minimum atomic E-state index is -0.957. The van der Waals surface area contributed by atoms with Gasteiger partial charge < -0.3 is 9.47 Å². The van der Waals surface area contributed by atoms with E-state index in [2.05, 4.69) is 52.6 Å². The van der Waals surface area contributed by atoms with Gasteiger partial charge in [-0.2, -0.15) is 4.84 Å². The van der Waals surface area contributed by atoms with Gasteiger partial charge in [-0.15, -0.1) is 0 Å². The van der Waals surface area contributed by atoms with Gasteiger partial charge in [0.1, 0.15) is 0 Å². The van der Waals surface area contributed by atoms with Crippen molar-refractivity contribution >= 4 is 5.97 Å². The third kappa shape index (κ3) is 9.69. The average molecular weight is 537 g/mol. The molecule has 0 aliphatic carbocycles. The van der Waals surface area contributed by atoms with Crippen molar-refractivity contribution in [2.24, 2.45) is 16.7 Å². The van der Waals surface area contributed by atoms with E-state index in [9.17, 15) is 4.79 Å². The second kappa shape index (κ2) is 15.7. The van der Waals surface area contributed by atoms with E-state index in [1.807, 2.05) is 60.7 Å². The lowest BCUT2D eigenvalue weighted by molar-refractivity contribution is -0.154. The van der Waals surface area contributed by atoms with Crippen LogP contribution >= 0.6 is 0 Å². The number of hydrogen-bond donors (Lipinski definition) is 0. The molecule has 39 heavy (non-hydrogen) atoms. The minimum Gasteiger partial charge on any atom is -0.465 e. The highest BCUT2D eigenvalue weighted by Crippen LogP contribution is 2.41. The van der Waals surface area contributed by atoms with Gasteiger partial charge in [0.25, 0.3) is 5.60 Å². The van der Waals surface area contributed by atoms with Crippen molar-refractivity contribution in [3.63, 3.8) is 0 Å². The van der Waals surface area contributed by atoms with Crippen LogP contribution < -0.4 is 0 Å². The van der Waals surface area contributed by atoms with Crippen LogP contribution in [0.4, 0.5) is 0 Å². The third-order valence-corrected chi connectivity index (χ3v) is 8.11. The van der Waals surface area contributed by atoms with E-state index in [0.717, 1.165) is 56.1 Å². The first-order valence-electron chi connectivity index (χ1n) is 14.5. The van der Waals surface area contributed by atoms with Crippen LogP contribution in [0.15, 0.2) is 60.7 Å². The van der Waals surface area contributed by atoms with Crippen LogP contribution in [0.1, 0.15) is 97.6 Å². The van der Waals surface area contributed by atoms with Crippen LogP contribution in [0.3, 0.4) is 0 Å². The number of hydrogen-bond acceptors (Lipinski definition) is 4. The fraction of sp³-hybridized carbons (Fsp3) is 0.588. The van der Waals surface area contributed by atoms with Gasteiger partial charge in [-0.25, -0.2) is 0 Å². The van der Waals surface area contributed by atoms with Crippen molar-refractivity contribution in [3.8, 4) is 6.07 Å². The molecule has 5 nitrogen and oxygen atoms in total. The molecule has 0 aromatic heterocycles. The normalized spacial score (nSPS) is 12.8. The second-order valence-corrected chi connectivity index (χ2v) is 11.8. The zero-order valence-corrected chi connectivity index (χ0v) is 25.3. The standard InChI is InChI=1S/C34H50NO4/c1-8-32(3,4)26-30(33(5,6)9-2)31(36)38-24-18-10-11-19-25-39-34(27-35-37-7,28-20-14-12-15-21-28)29-22-16-13-17-23-29/h12-17,20-23,30H,8-11,18-19,24-26H2,1-7H3/q+1.